The molecule has 1 aliphatic rings. The molecule has 29 heavy (non-hydrogen) atoms. The molecule has 2 aromatic heterocycles. The maximum absolute atomic E-state index is 12.9. The van der Waals surface area contributed by atoms with Crippen LogP contribution in [-0.4, -0.2) is 46.5 Å². The quantitative estimate of drug-likeness (QED) is 0.688. The lowest BCUT2D eigenvalue weighted by atomic mass is 10.2. The van der Waals surface area contributed by atoms with Gasteiger partial charge >= 0.3 is 5.69 Å². The largest absolute Gasteiger partial charge is 0.368 e. The number of H-pyrrole nitrogens is 1. The van der Waals surface area contributed by atoms with Crippen molar-refractivity contribution >= 4 is 34.5 Å². The molecule has 0 atom stereocenters. The number of carbonyl (C=O) groups excluding carboxylic acids is 1. The van der Waals surface area contributed by atoms with Crippen molar-refractivity contribution in [3.05, 3.63) is 84.3 Å². The van der Waals surface area contributed by atoms with E-state index in [-0.39, 0.29) is 18.0 Å². The van der Waals surface area contributed by atoms with Gasteiger partial charge in [0, 0.05) is 48.0 Å². The molecule has 1 aromatic carbocycles. The van der Waals surface area contributed by atoms with Crippen molar-refractivity contribution in [2.45, 2.75) is 6.54 Å². The molecular formula is C20H19ClN4O3S. The maximum Gasteiger partial charge on any atom is 0.328 e. The highest BCUT2D eigenvalue weighted by molar-refractivity contribution is 7.09. The third-order valence-corrected chi connectivity index (χ3v) is 6.02. The average molecular weight is 431 g/mol. The lowest BCUT2D eigenvalue weighted by Gasteiger charge is -2.36. The Morgan fingerprint density at radius 1 is 1.10 bits per heavy atom. The van der Waals surface area contributed by atoms with Crippen LogP contribution in [-0.2, 0) is 6.54 Å². The summed E-state index contributed by atoms with van der Waals surface area (Å²) in [5.74, 6) is -0.364. The summed E-state index contributed by atoms with van der Waals surface area (Å²) in [4.78, 5) is 45.0. The van der Waals surface area contributed by atoms with Crippen molar-refractivity contribution in [3.63, 3.8) is 0 Å². The summed E-state index contributed by atoms with van der Waals surface area (Å²) < 4.78 is 1.07. The molecule has 1 fully saturated rings. The van der Waals surface area contributed by atoms with E-state index in [2.05, 4.69) is 9.88 Å². The van der Waals surface area contributed by atoms with Crippen LogP contribution in [0.5, 0.6) is 0 Å². The number of piperazine rings is 1. The summed E-state index contributed by atoms with van der Waals surface area (Å²) in [6, 6.07) is 11.3. The van der Waals surface area contributed by atoms with Crippen LogP contribution in [0.1, 0.15) is 15.2 Å². The summed E-state index contributed by atoms with van der Waals surface area (Å²) in [6.45, 7) is 2.39. The summed E-state index contributed by atoms with van der Waals surface area (Å²) in [6.07, 6.45) is 1.22. The minimum absolute atomic E-state index is 0.0163. The number of aromatic nitrogens is 2. The Bertz CT molecular complexity index is 1130. The molecule has 9 heteroatoms. The first kappa shape index (κ1) is 19.5. The molecule has 0 unspecified atom stereocenters. The monoisotopic (exact) mass is 430 g/mol. The highest BCUT2D eigenvalue weighted by Gasteiger charge is 2.25. The van der Waals surface area contributed by atoms with Gasteiger partial charge in [-0.05, 0) is 29.6 Å². The van der Waals surface area contributed by atoms with E-state index in [1.54, 1.807) is 4.90 Å². The van der Waals surface area contributed by atoms with E-state index in [0.717, 1.165) is 15.1 Å². The van der Waals surface area contributed by atoms with Gasteiger partial charge in [0.1, 0.15) is 5.56 Å². The molecule has 0 radical (unpaired) electrons. The number of hydrogen-bond acceptors (Lipinski definition) is 5. The van der Waals surface area contributed by atoms with Crippen LogP contribution >= 0.6 is 22.9 Å². The van der Waals surface area contributed by atoms with Crippen LogP contribution in [0.4, 0.5) is 5.69 Å². The lowest BCUT2D eigenvalue weighted by Crippen LogP contribution is -2.50. The van der Waals surface area contributed by atoms with Gasteiger partial charge in [-0.25, -0.2) is 4.79 Å². The summed E-state index contributed by atoms with van der Waals surface area (Å²) in [5, 5.41) is 2.55. The van der Waals surface area contributed by atoms with Gasteiger partial charge in [-0.2, -0.15) is 0 Å². The Hall–Kier alpha value is -2.84. The van der Waals surface area contributed by atoms with Gasteiger partial charge < -0.3 is 14.8 Å². The molecule has 0 spiro atoms. The van der Waals surface area contributed by atoms with E-state index in [1.807, 2.05) is 41.8 Å². The van der Waals surface area contributed by atoms with Gasteiger partial charge in [0.2, 0.25) is 0 Å². The van der Waals surface area contributed by atoms with Crippen molar-refractivity contribution in [2.75, 3.05) is 31.1 Å². The number of anilines is 1. The minimum Gasteiger partial charge on any atom is -0.368 e. The Morgan fingerprint density at radius 2 is 1.90 bits per heavy atom. The number of thiophene rings is 1. The fourth-order valence-electron chi connectivity index (χ4n) is 3.38. The van der Waals surface area contributed by atoms with Crippen molar-refractivity contribution < 1.29 is 4.79 Å². The second kappa shape index (κ2) is 8.26. The molecule has 150 valence electrons. The first-order chi connectivity index (χ1) is 14.0. The van der Waals surface area contributed by atoms with Crippen LogP contribution < -0.4 is 16.1 Å². The molecule has 1 saturated heterocycles. The smallest absolute Gasteiger partial charge is 0.328 e. The molecule has 7 nitrogen and oxygen atoms in total. The number of carbonyl (C=O) groups is 1. The van der Waals surface area contributed by atoms with Crippen molar-refractivity contribution in [1.82, 2.24) is 14.5 Å². The number of amides is 1. The van der Waals surface area contributed by atoms with Gasteiger partial charge in [-0.3, -0.25) is 14.2 Å². The maximum atomic E-state index is 12.9. The molecule has 4 rings (SSSR count). The zero-order valence-electron chi connectivity index (χ0n) is 15.5. The Balaban J connectivity index is 1.50. The third kappa shape index (κ3) is 4.13. The van der Waals surface area contributed by atoms with Crippen LogP contribution in [0.3, 0.4) is 0 Å². The number of benzene rings is 1. The topological polar surface area (TPSA) is 78.4 Å². The molecule has 0 saturated carbocycles. The SMILES string of the molecule is O=C(c1c[nH]c(=O)n(Cc2cccs2)c1=O)N1CCN(c2cccc(Cl)c2)CC1. The van der Waals surface area contributed by atoms with Crippen molar-refractivity contribution in [1.29, 1.82) is 0 Å². The van der Waals surface area contributed by atoms with E-state index in [4.69, 9.17) is 11.6 Å². The number of aromatic amines is 1. The fraction of sp³-hybridized carbons (Fsp3) is 0.250. The number of halogens is 1. The van der Waals surface area contributed by atoms with Gasteiger partial charge in [0.05, 0.1) is 6.54 Å². The van der Waals surface area contributed by atoms with Crippen LogP contribution in [0, 0.1) is 0 Å². The summed E-state index contributed by atoms with van der Waals surface area (Å²) in [7, 11) is 0. The third-order valence-electron chi connectivity index (χ3n) is 4.93. The standard InChI is InChI=1S/C20H19ClN4O3S/c21-14-3-1-4-15(11-14)23-6-8-24(9-7-23)18(26)17-12-22-20(28)25(19(17)27)13-16-5-2-10-29-16/h1-5,10-12H,6-9,13H2,(H,22,28). The lowest BCUT2D eigenvalue weighted by molar-refractivity contribution is 0.0743. The normalized spacial score (nSPS) is 14.2. The summed E-state index contributed by atoms with van der Waals surface area (Å²) in [5.41, 5.74) is -0.0977. The molecule has 0 bridgehead atoms. The molecule has 1 aliphatic heterocycles. The molecule has 1 N–H and O–H groups in total. The average Bonchev–Trinajstić information content (AvgIpc) is 3.24. The van der Waals surface area contributed by atoms with Gasteiger partial charge in [-0.1, -0.05) is 23.7 Å². The number of nitrogens with zero attached hydrogens (tertiary/aromatic N) is 3. The van der Waals surface area contributed by atoms with Crippen LogP contribution in [0.25, 0.3) is 0 Å². The van der Waals surface area contributed by atoms with Crippen LogP contribution in [0.15, 0.2) is 57.6 Å². The van der Waals surface area contributed by atoms with E-state index in [9.17, 15) is 14.4 Å². The number of hydrogen-bond donors (Lipinski definition) is 1. The predicted molar refractivity (Wildman–Crippen MR) is 114 cm³/mol. The Morgan fingerprint density at radius 3 is 2.59 bits per heavy atom. The minimum atomic E-state index is -0.565. The molecule has 1 amide bonds. The zero-order valence-corrected chi connectivity index (χ0v) is 17.1. The van der Waals surface area contributed by atoms with Gasteiger partial charge in [0.15, 0.2) is 0 Å². The van der Waals surface area contributed by atoms with E-state index >= 15 is 0 Å². The number of nitrogens with one attached hydrogen (secondary N) is 1. The molecule has 0 aliphatic carbocycles. The second-order valence-electron chi connectivity index (χ2n) is 6.74. The zero-order chi connectivity index (χ0) is 20.4. The molecule has 3 heterocycles. The van der Waals surface area contributed by atoms with E-state index in [1.165, 1.54) is 17.5 Å². The van der Waals surface area contributed by atoms with E-state index in [0.29, 0.717) is 31.2 Å². The predicted octanol–water partition coefficient (Wildman–Crippen LogP) is 2.26. The fourth-order valence-corrected chi connectivity index (χ4v) is 4.25. The summed E-state index contributed by atoms with van der Waals surface area (Å²) >= 11 is 7.52. The second-order valence-corrected chi connectivity index (χ2v) is 8.21. The first-order valence-electron chi connectivity index (χ1n) is 9.17. The van der Waals surface area contributed by atoms with Gasteiger partial charge in [0.25, 0.3) is 11.5 Å². The Kier molecular flexibility index (Phi) is 5.55. The van der Waals surface area contributed by atoms with Crippen LogP contribution in [0.2, 0.25) is 5.02 Å². The van der Waals surface area contributed by atoms with Crippen molar-refractivity contribution in [2.24, 2.45) is 0 Å². The van der Waals surface area contributed by atoms with Crippen molar-refractivity contribution in [3.8, 4) is 0 Å². The Labute approximate surface area is 175 Å². The number of rotatable bonds is 4. The first-order valence-corrected chi connectivity index (χ1v) is 10.4. The highest BCUT2D eigenvalue weighted by Crippen LogP contribution is 2.21. The van der Waals surface area contributed by atoms with Gasteiger partial charge in [-0.15, -0.1) is 11.3 Å². The molecule has 3 aromatic rings. The van der Waals surface area contributed by atoms with E-state index < -0.39 is 11.2 Å². The molecular weight excluding hydrogens is 412 g/mol. The highest BCUT2D eigenvalue weighted by atomic mass is 35.5.